The monoisotopic (exact) mass is 302 g/mol. The number of benzene rings is 2. The Labute approximate surface area is 133 Å². The number of aromatic hydroxyl groups is 1. The topological polar surface area (TPSA) is 65.1 Å². The van der Waals surface area contributed by atoms with Gasteiger partial charge in [0.15, 0.2) is 0 Å². The van der Waals surface area contributed by atoms with Crippen LogP contribution in [0.5, 0.6) is 5.75 Å². The van der Waals surface area contributed by atoms with Gasteiger partial charge in [-0.05, 0) is 47.5 Å². The van der Waals surface area contributed by atoms with Gasteiger partial charge in [0.1, 0.15) is 5.75 Å². The van der Waals surface area contributed by atoms with Crippen molar-refractivity contribution in [3.05, 3.63) is 72.1 Å². The first-order valence-corrected chi connectivity index (χ1v) is 7.31. The first kappa shape index (κ1) is 13.4. The SMILES string of the molecule is O=C1Nc2cccc(-c3ccc(O)cc3)c2/C1=C/c1ccc[nH]1. The molecule has 0 bridgehead atoms. The zero-order valence-electron chi connectivity index (χ0n) is 12.2. The lowest BCUT2D eigenvalue weighted by Gasteiger charge is -2.08. The summed E-state index contributed by atoms with van der Waals surface area (Å²) < 4.78 is 0. The number of phenols is 1. The van der Waals surface area contributed by atoms with Crippen molar-refractivity contribution in [2.75, 3.05) is 5.32 Å². The number of carbonyl (C=O) groups is 1. The van der Waals surface area contributed by atoms with Gasteiger partial charge in [0, 0.05) is 23.1 Å². The van der Waals surface area contributed by atoms with E-state index in [0.29, 0.717) is 5.57 Å². The van der Waals surface area contributed by atoms with Crippen LogP contribution in [0, 0.1) is 0 Å². The number of aromatic amines is 1. The maximum Gasteiger partial charge on any atom is 0.256 e. The number of H-pyrrole nitrogens is 1. The minimum absolute atomic E-state index is 0.110. The Morgan fingerprint density at radius 3 is 2.52 bits per heavy atom. The molecule has 2 heterocycles. The maximum absolute atomic E-state index is 12.4. The molecule has 0 spiro atoms. The summed E-state index contributed by atoms with van der Waals surface area (Å²) in [5, 5.41) is 12.4. The minimum Gasteiger partial charge on any atom is -0.508 e. The summed E-state index contributed by atoms with van der Waals surface area (Å²) in [6, 6.07) is 16.6. The molecule has 1 aliphatic rings. The summed E-state index contributed by atoms with van der Waals surface area (Å²) in [6.45, 7) is 0. The number of hydrogen-bond donors (Lipinski definition) is 3. The summed E-state index contributed by atoms with van der Waals surface area (Å²) in [4.78, 5) is 15.5. The Morgan fingerprint density at radius 1 is 0.957 bits per heavy atom. The van der Waals surface area contributed by atoms with E-state index in [4.69, 9.17) is 0 Å². The molecule has 4 nitrogen and oxygen atoms in total. The van der Waals surface area contributed by atoms with E-state index in [1.807, 2.05) is 54.7 Å². The molecule has 0 saturated carbocycles. The van der Waals surface area contributed by atoms with E-state index in [-0.39, 0.29) is 11.7 Å². The number of phenolic OH excluding ortho intramolecular Hbond substituents is 1. The van der Waals surface area contributed by atoms with Gasteiger partial charge in [-0.1, -0.05) is 24.3 Å². The Balaban J connectivity index is 1.91. The normalized spacial score (nSPS) is 14.8. The molecule has 0 atom stereocenters. The van der Waals surface area contributed by atoms with Gasteiger partial charge in [-0.15, -0.1) is 0 Å². The van der Waals surface area contributed by atoms with E-state index >= 15 is 0 Å². The Hall–Kier alpha value is -3.27. The van der Waals surface area contributed by atoms with Crippen LogP contribution in [-0.4, -0.2) is 16.0 Å². The Bertz CT molecular complexity index is 907. The smallest absolute Gasteiger partial charge is 0.256 e. The highest BCUT2D eigenvalue weighted by atomic mass is 16.3. The zero-order chi connectivity index (χ0) is 15.8. The molecule has 112 valence electrons. The van der Waals surface area contributed by atoms with Crippen molar-refractivity contribution in [1.29, 1.82) is 0 Å². The van der Waals surface area contributed by atoms with Crippen LogP contribution in [0.1, 0.15) is 11.3 Å². The molecule has 3 aromatic rings. The molecule has 23 heavy (non-hydrogen) atoms. The maximum atomic E-state index is 12.4. The van der Waals surface area contributed by atoms with Crippen molar-refractivity contribution in [2.45, 2.75) is 0 Å². The lowest BCUT2D eigenvalue weighted by molar-refractivity contribution is -0.110. The molecule has 0 unspecified atom stereocenters. The molecule has 0 aliphatic carbocycles. The predicted octanol–water partition coefficient (Wildman–Crippen LogP) is 3.88. The average molecular weight is 302 g/mol. The van der Waals surface area contributed by atoms with Crippen molar-refractivity contribution < 1.29 is 9.90 Å². The second-order valence-electron chi connectivity index (χ2n) is 5.41. The molecule has 3 N–H and O–H groups in total. The van der Waals surface area contributed by atoms with Gasteiger partial charge in [-0.3, -0.25) is 4.79 Å². The third-order valence-corrected chi connectivity index (χ3v) is 3.93. The van der Waals surface area contributed by atoms with Gasteiger partial charge in [0.2, 0.25) is 0 Å². The second-order valence-corrected chi connectivity index (χ2v) is 5.41. The van der Waals surface area contributed by atoms with Crippen LogP contribution in [0.15, 0.2) is 60.8 Å². The third kappa shape index (κ3) is 2.30. The highest BCUT2D eigenvalue weighted by molar-refractivity contribution is 6.36. The number of hydrogen-bond acceptors (Lipinski definition) is 2. The third-order valence-electron chi connectivity index (χ3n) is 3.93. The fraction of sp³-hybridized carbons (Fsp3) is 0. The Morgan fingerprint density at radius 2 is 1.78 bits per heavy atom. The molecule has 1 amide bonds. The molecule has 0 radical (unpaired) electrons. The van der Waals surface area contributed by atoms with Crippen LogP contribution < -0.4 is 5.32 Å². The van der Waals surface area contributed by atoms with Gasteiger partial charge in [-0.25, -0.2) is 0 Å². The van der Waals surface area contributed by atoms with Gasteiger partial charge in [-0.2, -0.15) is 0 Å². The van der Waals surface area contributed by atoms with E-state index < -0.39 is 0 Å². The number of rotatable bonds is 2. The van der Waals surface area contributed by atoms with Crippen LogP contribution in [0.3, 0.4) is 0 Å². The number of aromatic nitrogens is 1. The molecule has 0 fully saturated rings. The van der Waals surface area contributed by atoms with Crippen LogP contribution in [0.2, 0.25) is 0 Å². The first-order chi connectivity index (χ1) is 11.2. The standard InChI is InChI=1S/C19H14N2O2/c22-14-8-6-12(7-9-14)15-4-1-5-17-18(15)16(19(23)21-17)11-13-3-2-10-20-13/h1-11,20,22H,(H,21,23)/b16-11-. The van der Waals surface area contributed by atoms with Crippen molar-refractivity contribution in [3.63, 3.8) is 0 Å². The molecular weight excluding hydrogens is 288 g/mol. The zero-order valence-corrected chi connectivity index (χ0v) is 12.2. The number of carbonyl (C=O) groups excluding carboxylic acids is 1. The van der Waals surface area contributed by atoms with Crippen molar-refractivity contribution in [3.8, 4) is 16.9 Å². The number of nitrogens with one attached hydrogen (secondary N) is 2. The summed E-state index contributed by atoms with van der Waals surface area (Å²) in [6.07, 6.45) is 3.68. The highest BCUT2D eigenvalue weighted by Gasteiger charge is 2.27. The average Bonchev–Trinajstić information content (AvgIpc) is 3.17. The van der Waals surface area contributed by atoms with Crippen molar-refractivity contribution in [1.82, 2.24) is 4.98 Å². The van der Waals surface area contributed by atoms with Crippen LogP contribution in [0.4, 0.5) is 5.69 Å². The molecule has 2 aromatic carbocycles. The Kier molecular flexibility index (Phi) is 3.01. The predicted molar refractivity (Wildman–Crippen MR) is 90.8 cm³/mol. The van der Waals surface area contributed by atoms with E-state index in [1.54, 1.807) is 12.1 Å². The summed E-state index contributed by atoms with van der Waals surface area (Å²) >= 11 is 0. The summed E-state index contributed by atoms with van der Waals surface area (Å²) in [7, 11) is 0. The largest absolute Gasteiger partial charge is 0.508 e. The minimum atomic E-state index is -0.110. The number of fused-ring (bicyclic) bond motifs is 1. The van der Waals surface area contributed by atoms with Gasteiger partial charge < -0.3 is 15.4 Å². The van der Waals surface area contributed by atoms with Crippen molar-refractivity contribution >= 4 is 23.2 Å². The van der Waals surface area contributed by atoms with E-state index in [9.17, 15) is 9.90 Å². The van der Waals surface area contributed by atoms with Crippen LogP contribution in [0.25, 0.3) is 22.8 Å². The molecule has 1 aliphatic heterocycles. The lowest BCUT2D eigenvalue weighted by Crippen LogP contribution is -2.03. The number of amides is 1. The summed E-state index contributed by atoms with van der Waals surface area (Å²) in [5.41, 5.74) is 5.11. The van der Waals surface area contributed by atoms with E-state index in [0.717, 1.165) is 28.1 Å². The van der Waals surface area contributed by atoms with Crippen LogP contribution >= 0.6 is 0 Å². The molecule has 4 rings (SSSR count). The van der Waals surface area contributed by atoms with Gasteiger partial charge in [0.05, 0.1) is 5.57 Å². The fourth-order valence-corrected chi connectivity index (χ4v) is 2.86. The number of anilines is 1. The van der Waals surface area contributed by atoms with Gasteiger partial charge in [0.25, 0.3) is 5.91 Å². The van der Waals surface area contributed by atoms with E-state index in [1.165, 1.54) is 0 Å². The summed E-state index contributed by atoms with van der Waals surface area (Å²) in [5.74, 6) is 0.110. The molecular formula is C19H14N2O2. The second kappa shape index (κ2) is 5.18. The van der Waals surface area contributed by atoms with Gasteiger partial charge >= 0.3 is 0 Å². The fourth-order valence-electron chi connectivity index (χ4n) is 2.86. The quantitative estimate of drug-likeness (QED) is 0.629. The molecule has 1 aromatic heterocycles. The van der Waals surface area contributed by atoms with Crippen LogP contribution in [-0.2, 0) is 4.79 Å². The van der Waals surface area contributed by atoms with E-state index in [2.05, 4.69) is 10.3 Å². The molecule has 0 saturated heterocycles. The lowest BCUT2D eigenvalue weighted by atomic mass is 9.94. The van der Waals surface area contributed by atoms with Crippen molar-refractivity contribution in [2.24, 2.45) is 0 Å². The highest BCUT2D eigenvalue weighted by Crippen LogP contribution is 2.40. The first-order valence-electron chi connectivity index (χ1n) is 7.31. The molecule has 4 heteroatoms.